The standard InChI is InChI=1S/C29H35N2O.C25H29N2O.C24H27N2O.C23H25N2O/c1-19-11-13-22-23-14-15-24(21-9-7-6-8-10-21)30-28(23)32-27(22)26(19)25-16-12-20(18-31(25)5)17-29(2,3)4;1-15(2)13-18-11-12-27(6)22(14-18)23-17(5)7-8-19-20-9-10-21(16(3)4)26-25(20)28-24(19)23;1-6-18-8-10-20-19-9-7-16(4)22(23(19)27-24(20)25-18)21-14-17(13-15(2)3)11-12-26(21)5;1-14(2)12-17-10-11-25(5)20(13-17)21-15(3)6-8-18-19-9-7-16(4)24-23(19)26-22(18)21/h11-16,18,21H,6-10,17H2,1-5H3;7-12,14-16H,13H2,1-6H3;7-12,14-15H,6,13H2,1-5H3;6-11,13-14H,12H2,1-5H3/q4*+1. The van der Waals surface area contributed by atoms with E-state index >= 15 is 0 Å². The molecule has 0 N–H and O–H groups in total. The molecule has 0 bridgehead atoms. The molecule has 1 fully saturated rings. The van der Waals surface area contributed by atoms with Gasteiger partial charge in [0.1, 0.15) is 28.2 Å². The maximum atomic E-state index is 6.49. The van der Waals surface area contributed by atoms with E-state index in [2.05, 4.69) is 327 Å². The number of benzene rings is 4. The predicted octanol–water partition coefficient (Wildman–Crippen LogP) is 24.3. The summed E-state index contributed by atoms with van der Waals surface area (Å²) in [5.74, 6) is 2.85. The summed E-state index contributed by atoms with van der Waals surface area (Å²) in [6.07, 6.45) is 20.4. The summed E-state index contributed by atoms with van der Waals surface area (Å²) < 4.78 is 34.2. The zero-order chi connectivity index (χ0) is 80.0. The van der Waals surface area contributed by atoms with Crippen molar-refractivity contribution in [1.29, 1.82) is 0 Å². The first-order valence-electron chi connectivity index (χ1n) is 41.3. The van der Waals surface area contributed by atoms with Gasteiger partial charge < -0.3 is 17.7 Å². The van der Waals surface area contributed by atoms with E-state index in [1.54, 1.807) is 0 Å². The second-order valence-corrected chi connectivity index (χ2v) is 35.1. The molecule has 17 rings (SSSR count). The quantitative estimate of drug-likeness (QED) is 0.0988. The Bertz CT molecular complexity index is 6220. The molecule has 0 amide bonds. The largest absolute Gasteiger partial charge is 0.437 e. The molecule has 0 saturated heterocycles. The van der Waals surface area contributed by atoms with Crippen LogP contribution in [0.25, 0.3) is 133 Å². The Morgan fingerprint density at radius 3 is 1.17 bits per heavy atom. The first-order valence-corrected chi connectivity index (χ1v) is 41.3. The lowest BCUT2D eigenvalue weighted by atomic mass is 9.86. The highest BCUT2D eigenvalue weighted by Gasteiger charge is 2.29. The van der Waals surface area contributed by atoms with Crippen molar-refractivity contribution in [2.24, 2.45) is 51.4 Å². The van der Waals surface area contributed by atoms with Crippen molar-refractivity contribution < 1.29 is 35.9 Å². The van der Waals surface area contributed by atoms with Gasteiger partial charge in [-0.05, 0) is 202 Å². The fourth-order valence-electron chi connectivity index (χ4n) is 16.9. The van der Waals surface area contributed by atoms with E-state index in [1.807, 2.05) is 13.0 Å². The van der Waals surface area contributed by atoms with Gasteiger partial charge in [0.05, 0.1) is 22.3 Å². The number of hydrogen-bond donors (Lipinski definition) is 0. The van der Waals surface area contributed by atoms with Crippen molar-refractivity contribution in [1.82, 2.24) is 19.9 Å². The molecule has 113 heavy (non-hydrogen) atoms. The second kappa shape index (κ2) is 32.8. The molecule has 12 heterocycles. The topological polar surface area (TPSA) is 120 Å². The van der Waals surface area contributed by atoms with Crippen LogP contribution in [0.15, 0.2) is 188 Å². The van der Waals surface area contributed by atoms with Crippen LogP contribution in [0.2, 0.25) is 0 Å². The summed E-state index contributed by atoms with van der Waals surface area (Å²) in [6, 6.07) is 52.6. The Morgan fingerprint density at radius 1 is 0.381 bits per heavy atom. The van der Waals surface area contributed by atoms with Crippen molar-refractivity contribution in [3.8, 4) is 45.0 Å². The Kier molecular flexibility index (Phi) is 22.9. The molecular formula is C101H116N8O4+4. The smallest absolute Gasteiger partial charge is 0.227 e. The van der Waals surface area contributed by atoms with Gasteiger partial charge in [0, 0.05) is 120 Å². The number of aromatic nitrogens is 8. The lowest BCUT2D eigenvalue weighted by molar-refractivity contribution is -0.660. The van der Waals surface area contributed by atoms with Gasteiger partial charge in [-0.3, -0.25) is 0 Å². The molecule has 0 aliphatic heterocycles. The highest BCUT2D eigenvalue weighted by molar-refractivity contribution is 6.12. The Labute approximate surface area is 668 Å². The van der Waals surface area contributed by atoms with Crippen LogP contribution in [0.5, 0.6) is 0 Å². The first-order chi connectivity index (χ1) is 54.1. The molecule has 12 nitrogen and oxygen atoms in total. The van der Waals surface area contributed by atoms with Crippen LogP contribution in [0.3, 0.4) is 0 Å². The van der Waals surface area contributed by atoms with E-state index in [0.29, 0.717) is 35.3 Å². The molecule has 12 heteroatoms. The fourth-order valence-corrected chi connectivity index (χ4v) is 16.9. The Hall–Kier alpha value is -10.7. The number of hydrogen-bond acceptors (Lipinski definition) is 8. The minimum Gasteiger partial charge on any atom is -0.437 e. The van der Waals surface area contributed by atoms with Gasteiger partial charge in [-0.25, -0.2) is 38.2 Å². The number of pyridine rings is 8. The molecule has 1 aliphatic carbocycles. The molecule has 12 aromatic heterocycles. The van der Waals surface area contributed by atoms with Crippen LogP contribution in [0, 0.1) is 57.8 Å². The van der Waals surface area contributed by atoms with Gasteiger partial charge in [0.15, 0.2) is 47.1 Å². The maximum Gasteiger partial charge on any atom is 0.227 e. The zero-order valence-electron chi connectivity index (χ0n) is 70.8. The highest BCUT2D eigenvalue weighted by Crippen LogP contribution is 2.43. The summed E-state index contributed by atoms with van der Waals surface area (Å²) in [4.78, 5) is 19.1. The van der Waals surface area contributed by atoms with Crippen molar-refractivity contribution >= 4 is 88.3 Å². The van der Waals surface area contributed by atoms with Gasteiger partial charge in [-0.15, -0.1) is 0 Å². The van der Waals surface area contributed by atoms with Crippen molar-refractivity contribution in [3.05, 3.63) is 238 Å². The van der Waals surface area contributed by atoms with Crippen molar-refractivity contribution in [2.75, 3.05) is 0 Å². The minimum absolute atomic E-state index is 0.269. The van der Waals surface area contributed by atoms with E-state index in [9.17, 15) is 0 Å². The van der Waals surface area contributed by atoms with E-state index < -0.39 is 0 Å². The molecule has 1 saturated carbocycles. The average Bonchev–Trinajstić information content (AvgIpc) is 1.63. The number of furan rings is 4. The normalized spacial score (nSPS) is 12.9. The van der Waals surface area contributed by atoms with Gasteiger partial charge in [-0.2, -0.15) is 0 Å². The molecule has 16 aromatic rings. The number of aryl methyl sites for hydroxylation is 10. The summed E-state index contributed by atoms with van der Waals surface area (Å²) in [7, 11) is 8.44. The highest BCUT2D eigenvalue weighted by atomic mass is 16.4. The molecule has 4 aromatic carbocycles. The second-order valence-electron chi connectivity index (χ2n) is 35.1. The van der Waals surface area contributed by atoms with E-state index in [0.717, 1.165) is 148 Å². The third-order valence-electron chi connectivity index (χ3n) is 22.6. The predicted molar refractivity (Wildman–Crippen MR) is 464 cm³/mol. The van der Waals surface area contributed by atoms with Gasteiger partial charge >= 0.3 is 0 Å². The van der Waals surface area contributed by atoms with Crippen LogP contribution in [-0.4, -0.2) is 19.9 Å². The van der Waals surface area contributed by atoms with E-state index in [1.165, 1.54) is 111 Å². The SMILES string of the molecule is CCc1ccc2c(n1)oc1c(-c3cc(CC(C)C)cc[n+]3C)c(C)ccc12.Cc1ccc2c(n1)oc1c(-c3cc(CC(C)C)cc[n+]3C)c(C)ccc12.Cc1ccc2c(oc3nc(C(C)C)ccc32)c1-c1cc(CC(C)C)cc[n+]1C.Cc1ccc2c(oc3nc(C4CCCCC4)ccc32)c1-c1ccc(CC(C)(C)C)c[n+]1C. The minimum atomic E-state index is 0.269. The van der Waals surface area contributed by atoms with Crippen LogP contribution in [0.4, 0.5) is 0 Å². The Balaban J connectivity index is 0.000000125. The van der Waals surface area contributed by atoms with Crippen LogP contribution >= 0.6 is 0 Å². The molecular weight excluding hydrogens is 1390 g/mol. The van der Waals surface area contributed by atoms with Gasteiger partial charge in [0.2, 0.25) is 45.6 Å². The molecule has 0 radical (unpaired) electrons. The summed E-state index contributed by atoms with van der Waals surface area (Å²) in [6.45, 7) is 37.5. The third-order valence-corrected chi connectivity index (χ3v) is 22.6. The first kappa shape index (κ1) is 78.9. The van der Waals surface area contributed by atoms with Gasteiger partial charge in [-0.1, -0.05) is 151 Å². The molecule has 1 aliphatic rings. The summed E-state index contributed by atoms with van der Waals surface area (Å²) in [5.41, 5.74) is 31.0. The molecule has 580 valence electrons. The van der Waals surface area contributed by atoms with Crippen molar-refractivity contribution in [2.45, 2.75) is 194 Å². The average molecular weight is 1510 g/mol. The lowest BCUT2D eigenvalue weighted by Crippen LogP contribution is -2.32. The fraction of sp³-hybridized carbons (Fsp3) is 0.366. The van der Waals surface area contributed by atoms with Crippen LogP contribution < -0.4 is 18.3 Å². The maximum absolute atomic E-state index is 6.49. The zero-order valence-corrected chi connectivity index (χ0v) is 70.8. The number of nitrogens with zero attached hydrogens (tertiary/aromatic N) is 8. The lowest BCUT2D eigenvalue weighted by Gasteiger charge is -2.20. The van der Waals surface area contributed by atoms with Crippen molar-refractivity contribution in [3.63, 3.8) is 0 Å². The Morgan fingerprint density at radius 2 is 0.761 bits per heavy atom. The van der Waals surface area contributed by atoms with Gasteiger partial charge in [0.25, 0.3) is 0 Å². The molecule has 0 spiro atoms. The molecule has 0 atom stereocenters. The van der Waals surface area contributed by atoms with E-state index in [-0.39, 0.29) is 5.41 Å². The number of rotatable bonds is 14. The monoisotopic (exact) mass is 1500 g/mol. The van der Waals surface area contributed by atoms with E-state index in [4.69, 9.17) is 32.6 Å². The third kappa shape index (κ3) is 16.7. The summed E-state index contributed by atoms with van der Waals surface area (Å²) >= 11 is 0. The molecule has 0 unspecified atom stereocenters. The number of fused-ring (bicyclic) bond motifs is 12. The van der Waals surface area contributed by atoms with Crippen LogP contribution in [-0.2, 0) is 60.3 Å². The summed E-state index contributed by atoms with van der Waals surface area (Å²) in [5, 5.41) is 8.92. The van der Waals surface area contributed by atoms with Crippen LogP contribution in [0.1, 0.15) is 194 Å².